The van der Waals surface area contributed by atoms with Crippen molar-refractivity contribution in [1.29, 1.82) is 0 Å². The highest BCUT2D eigenvalue weighted by Crippen LogP contribution is 2.26. The summed E-state index contributed by atoms with van der Waals surface area (Å²) >= 11 is 5.86. The molecule has 0 aliphatic carbocycles. The van der Waals surface area contributed by atoms with Crippen LogP contribution in [0.25, 0.3) is 0 Å². The highest BCUT2D eigenvalue weighted by molar-refractivity contribution is 6.30. The molecule has 1 fully saturated rings. The molecule has 7 heteroatoms. The second kappa shape index (κ2) is 7.89. The minimum atomic E-state index is 0.175. The highest BCUT2D eigenvalue weighted by atomic mass is 35.5. The maximum Gasteiger partial charge on any atom is 0.236 e. The fraction of sp³-hybridized carbons (Fsp3) is 0.444. The van der Waals surface area contributed by atoms with Gasteiger partial charge in [-0.1, -0.05) is 11.6 Å². The van der Waals surface area contributed by atoms with Crippen molar-refractivity contribution in [3.05, 3.63) is 46.7 Å². The van der Waals surface area contributed by atoms with E-state index in [9.17, 15) is 4.79 Å². The van der Waals surface area contributed by atoms with Crippen LogP contribution in [0.5, 0.6) is 5.75 Å². The van der Waals surface area contributed by atoms with Crippen molar-refractivity contribution >= 4 is 17.5 Å². The number of likely N-dealkylation sites (tertiary alicyclic amines) is 1. The van der Waals surface area contributed by atoms with E-state index in [-0.39, 0.29) is 11.8 Å². The number of carbonyl (C=O) groups is 1. The number of hydrogen-bond acceptors (Lipinski definition) is 4. The first-order chi connectivity index (χ1) is 12.0. The van der Waals surface area contributed by atoms with E-state index in [0.29, 0.717) is 18.2 Å². The van der Waals surface area contributed by atoms with Gasteiger partial charge in [-0.15, -0.1) is 0 Å². The van der Waals surface area contributed by atoms with E-state index in [2.05, 4.69) is 10.2 Å². The van der Waals surface area contributed by atoms with Crippen molar-refractivity contribution in [3.63, 3.8) is 0 Å². The Bertz CT molecular complexity index is 714. The molecule has 3 rings (SSSR count). The van der Waals surface area contributed by atoms with Gasteiger partial charge >= 0.3 is 0 Å². The molecule has 2 aromatic rings. The number of nitrogens with zero attached hydrogens (tertiary/aromatic N) is 3. The van der Waals surface area contributed by atoms with E-state index < -0.39 is 0 Å². The molecular formula is C18H23ClN4O2. The van der Waals surface area contributed by atoms with Gasteiger partial charge in [-0.25, -0.2) is 0 Å². The first-order valence-corrected chi connectivity index (χ1v) is 8.74. The number of rotatable bonds is 6. The van der Waals surface area contributed by atoms with Crippen LogP contribution in [0, 0.1) is 0 Å². The van der Waals surface area contributed by atoms with E-state index in [1.807, 2.05) is 42.1 Å². The third-order valence-corrected chi connectivity index (χ3v) is 4.52. The molecule has 1 amide bonds. The number of likely N-dealkylation sites (N-methyl/N-ethyl adjacent to an activating group) is 1. The number of aromatic amines is 1. The van der Waals surface area contributed by atoms with Gasteiger partial charge in [0, 0.05) is 24.0 Å². The molecule has 0 bridgehead atoms. The van der Waals surface area contributed by atoms with Gasteiger partial charge < -0.3 is 14.5 Å². The second-order valence-corrected chi connectivity index (χ2v) is 7.06. The lowest BCUT2D eigenvalue weighted by molar-refractivity contribution is -0.130. The van der Waals surface area contributed by atoms with Crippen LogP contribution in [-0.2, 0) is 11.4 Å². The largest absolute Gasteiger partial charge is 0.487 e. The van der Waals surface area contributed by atoms with Crippen LogP contribution < -0.4 is 4.74 Å². The first kappa shape index (κ1) is 17.8. The molecule has 2 heterocycles. The number of halogens is 1. The topological polar surface area (TPSA) is 61.5 Å². The lowest BCUT2D eigenvalue weighted by Crippen LogP contribution is -2.36. The van der Waals surface area contributed by atoms with Crippen molar-refractivity contribution in [2.45, 2.75) is 18.9 Å². The first-order valence-electron chi connectivity index (χ1n) is 8.36. The molecule has 134 valence electrons. The monoisotopic (exact) mass is 362 g/mol. The number of ether oxygens (including phenoxy) is 1. The Kier molecular flexibility index (Phi) is 5.60. The molecular weight excluding hydrogens is 340 g/mol. The number of H-pyrrole nitrogens is 1. The Morgan fingerprint density at radius 1 is 1.40 bits per heavy atom. The smallest absolute Gasteiger partial charge is 0.236 e. The van der Waals surface area contributed by atoms with E-state index in [0.717, 1.165) is 36.6 Å². The zero-order valence-corrected chi connectivity index (χ0v) is 15.3. The third kappa shape index (κ3) is 4.74. The maximum atomic E-state index is 12.1. The molecule has 1 N–H and O–H groups in total. The van der Waals surface area contributed by atoms with E-state index in [1.165, 1.54) is 0 Å². The number of amides is 1. The number of nitrogens with one attached hydrogen (secondary N) is 1. The summed E-state index contributed by atoms with van der Waals surface area (Å²) in [7, 11) is 3.82. The molecule has 1 aliphatic rings. The Hall–Kier alpha value is -2.05. The molecule has 1 aliphatic heterocycles. The number of benzene rings is 1. The predicted octanol–water partition coefficient (Wildman–Crippen LogP) is 2.52. The summed E-state index contributed by atoms with van der Waals surface area (Å²) in [6.07, 6.45) is 0.946. The molecule has 25 heavy (non-hydrogen) atoms. The van der Waals surface area contributed by atoms with Crippen LogP contribution in [-0.4, -0.2) is 59.6 Å². The van der Waals surface area contributed by atoms with Gasteiger partial charge in [0.2, 0.25) is 5.91 Å². The molecule has 0 radical (unpaired) electrons. The zero-order chi connectivity index (χ0) is 17.8. The Morgan fingerprint density at radius 3 is 2.88 bits per heavy atom. The van der Waals surface area contributed by atoms with Gasteiger partial charge in [-0.2, -0.15) is 5.10 Å². The summed E-state index contributed by atoms with van der Waals surface area (Å²) in [6.45, 7) is 2.40. The van der Waals surface area contributed by atoms with Crippen molar-refractivity contribution in [3.8, 4) is 5.75 Å². The van der Waals surface area contributed by atoms with Gasteiger partial charge in [0.1, 0.15) is 12.4 Å². The van der Waals surface area contributed by atoms with Crippen molar-refractivity contribution in [2.75, 3.05) is 33.7 Å². The number of aromatic nitrogens is 2. The van der Waals surface area contributed by atoms with Crippen LogP contribution in [0.1, 0.15) is 23.7 Å². The van der Waals surface area contributed by atoms with Crippen LogP contribution in [0.4, 0.5) is 0 Å². The number of carbonyl (C=O) groups excluding carboxylic acids is 1. The molecule has 1 aromatic heterocycles. The molecule has 0 saturated carbocycles. The SMILES string of the molecule is CN(C)CC(=O)N1CC[C@H](c2cc(COc3ccc(Cl)cc3)[nH]n2)C1. The van der Waals surface area contributed by atoms with Crippen molar-refractivity contribution < 1.29 is 9.53 Å². The lowest BCUT2D eigenvalue weighted by Gasteiger charge is -2.18. The zero-order valence-electron chi connectivity index (χ0n) is 14.5. The molecule has 6 nitrogen and oxygen atoms in total. The summed E-state index contributed by atoms with van der Waals surface area (Å²) in [5, 5.41) is 8.12. The second-order valence-electron chi connectivity index (χ2n) is 6.62. The third-order valence-electron chi connectivity index (χ3n) is 4.27. The minimum absolute atomic E-state index is 0.175. The Balaban J connectivity index is 1.53. The highest BCUT2D eigenvalue weighted by Gasteiger charge is 2.28. The van der Waals surface area contributed by atoms with Crippen molar-refractivity contribution in [1.82, 2.24) is 20.0 Å². The molecule has 1 aromatic carbocycles. The van der Waals surface area contributed by atoms with E-state index >= 15 is 0 Å². The fourth-order valence-corrected chi connectivity index (χ4v) is 3.08. The number of hydrogen-bond donors (Lipinski definition) is 1. The van der Waals surface area contributed by atoms with Crippen LogP contribution in [0.2, 0.25) is 5.02 Å². The molecule has 0 unspecified atom stereocenters. The van der Waals surface area contributed by atoms with Gasteiger partial charge in [0.25, 0.3) is 0 Å². The minimum Gasteiger partial charge on any atom is -0.487 e. The summed E-state index contributed by atoms with van der Waals surface area (Å²) in [6, 6.07) is 9.30. The summed E-state index contributed by atoms with van der Waals surface area (Å²) in [5.74, 6) is 1.22. The van der Waals surface area contributed by atoms with Gasteiger partial charge in [0.15, 0.2) is 0 Å². The maximum absolute atomic E-state index is 12.1. The van der Waals surface area contributed by atoms with Gasteiger partial charge in [0.05, 0.1) is 17.9 Å². The lowest BCUT2D eigenvalue weighted by atomic mass is 10.1. The standard InChI is InChI=1S/C18H23ClN4O2/c1-22(2)11-18(24)23-8-7-13(10-23)17-9-15(20-21-17)12-25-16-5-3-14(19)4-6-16/h3-6,9,13H,7-8,10-12H2,1-2H3,(H,20,21)/t13-/m0/s1. The fourth-order valence-electron chi connectivity index (χ4n) is 2.95. The normalized spacial score (nSPS) is 17.3. The van der Waals surface area contributed by atoms with Crippen molar-refractivity contribution in [2.24, 2.45) is 0 Å². The summed E-state index contributed by atoms with van der Waals surface area (Å²) in [5.41, 5.74) is 1.91. The Morgan fingerprint density at radius 2 is 2.16 bits per heavy atom. The summed E-state index contributed by atoms with van der Waals surface area (Å²) in [4.78, 5) is 16.0. The van der Waals surface area contributed by atoms with Gasteiger partial charge in [-0.3, -0.25) is 9.89 Å². The van der Waals surface area contributed by atoms with Crippen LogP contribution in [0.3, 0.4) is 0 Å². The quantitative estimate of drug-likeness (QED) is 0.857. The molecule has 1 saturated heterocycles. The predicted molar refractivity (Wildman–Crippen MR) is 96.9 cm³/mol. The average molecular weight is 363 g/mol. The van der Waals surface area contributed by atoms with Crippen LogP contribution >= 0.6 is 11.6 Å². The van der Waals surface area contributed by atoms with E-state index in [4.69, 9.17) is 16.3 Å². The molecule has 1 atom stereocenters. The van der Waals surface area contributed by atoms with Crippen LogP contribution in [0.15, 0.2) is 30.3 Å². The summed E-state index contributed by atoms with van der Waals surface area (Å²) < 4.78 is 5.73. The molecule has 0 spiro atoms. The Labute approximate surface area is 152 Å². The average Bonchev–Trinajstić information content (AvgIpc) is 3.23. The van der Waals surface area contributed by atoms with Gasteiger partial charge in [-0.05, 0) is 50.8 Å². The van der Waals surface area contributed by atoms with E-state index in [1.54, 1.807) is 12.1 Å².